The van der Waals surface area contributed by atoms with E-state index < -0.39 is 0 Å². The Hall–Kier alpha value is -2.27. The summed E-state index contributed by atoms with van der Waals surface area (Å²) in [7, 11) is 0. The molecule has 0 aromatic rings. The molecule has 0 radical (unpaired) electrons. The van der Waals surface area contributed by atoms with Gasteiger partial charge in [-0.05, 0) is 77.0 Å². The number of nitrogens with zero attached hydrogens (tertiary/aromatic N) is 1. The number of carbonyl (C=O) groups excluding carboxylic acids is 3. The molecule has 0 aliphatic rings. The first-order chi connectivity index (χ1) is 22.4. The third-order valence-corrected chi connectivity index (χ3v) is 8.35. The molecular formula is C36H75N7O3+4. The fourth-order valence-corrected chi connectivity index (χ4v) is 5.26. The smallest absolute Gasteiger partial charge is 0.278 e. The molecule has 3 amide bonds. The molecule has 0 unspecified atom stereocenters. The Labute approximate surface area is 281 Å². The second-order valence-corrected chi connectivity index (χ2v) is 12.7. The molecule has 0 aliphatic heterocycles. The predicted octanol–water partition coefficient (Wildman–Crippen LogP) is 1.69. The SMILES string of the molecule is CCCCC/C=C/C/C=C/CCCCCCCC(=O)N(CCCNC(=O)[C@@H]([NH3+])CCCC[NH3+])CCCNC(=O)[C@@H]([NH3+])CCCC[NH3+]. The molecule has 0 fully saturated rings. The first kappa shape index (κ1) is 43.7. The van der Waals surface area contributed by atoms with Crippen LogP contribution in [-0.2, 0) is 14.4 Å². The van der Waals surface area contributed by atoms with Crippen LogP contribution >= 0.6 is 0 Å². The molecule has 0 aromatic heterocycles. The number of hydrogen-bond acceptors (Lipinski definition) is 3. The fraction of sp³-hybridized carbons (Fsp3) is 0.806. The number of allylic oxidation sites excluding steroid dienone is 4. The standard InChI is InChI=1S/C36H71N7O3/c1-2-3-4-5-6-7-8-9-10-11-12-13-14-15-16-25-34(44)43(30-21-28-41-35(45)32(39)23-17-19-26-37)31-22-29-42-36(46)33(40)24-18-20-27-38/h6-7,9-10,32-33H,2-5,8,11-31,37-40H2,1H3,(H,41,45)(H,42,46)/p+4/b7-6+,10-9+/t32-,33-/m0/s1. The van der Waals surface area contributed by atoms with E-state index in [-0.39, 0.29) is 29.8 Å². The number of rotatable bonds is 32. The van der Waals surface area contributed by atoms with Crippen LogP contribution in [0.2, 0.25) is 0 Å². The van der Waals surface area contributed by atoms with Gasteiger partial charge in [0.2, 0.25) is 5.91 Å². The number of nitrogens with one attached hydrogen (secondary N) is 2. The molecule has 0 aromatic carbocycles. The molecule has 10 heteroatoms. The molecule has 46 heavy (non-hydrogen) atoms. The van der Waals surface area contributed by atoms with E-state index in [9.17, 15) is 14.4 Å². The zero-order chi connectivity index (χ0) is 34.1. The van der Waals surface area contributed by atoms with Gasteiger partial charge >= 0.3 is 0 Å². The summed E-state index contributed by atoms with van der Waals surface area (Å²) >= 11 is 0. The Bertz CT molecular complexity index is 770. The Morgan fingerprint density at radius 2 is 1.09 bits per heavy atom. The molecule has 10 nitrogen and oxygen atoms in total. The molecular weight excluding hydrogens is 578 g/mol. The summed E-state index contributed by atoms with van der Waals surface area (Å²) in [4.78, 5) is 39.8. The zero-order valence-electron chi connectivity index (χ0n) is 29.8. The van der Waals surface area contributed by atoms with E-state index in [4.69, 9.17) is 0 Å². The lowest BCUT2D eigenvalue weighted by Crippen LogP contribution is -2.67. The van der Waals surface area contributed by atoms with E-state index in [1.54, 1.807) is 0 Å². The Kier molecular flexibility index (Phi) is 31.1. The quantitative estimate of drug-likeness (QED) is 0.0477. The monoisotopic (exact) mass is 654 g/mol. The van der Waals surface area contributed by atoms with E-state index in [0.717, 1.165) is 83.7 Å². The van der Waals surface area contributed by atoms with Gasteiger partial charge in [-0.15, -0.1) is 0 Å². The average Bonchev–Trinajstić information content (AvgIpc) is 3.05. The lowest BCUT2D eigenvalue weighted by atomic mass is 10.1. The van der Waals surface area contributed by atoms with Crippen LogP contribution in [0.1, 0.15) is 135 Å². The molecule has 0 bridgehead atoms. The van der Waals surface area contributed by atoms with Crippen LogP contribution in [0.4, 0.5) is 0 Å². The lowest BCUT2D eigenvalue weighted by molar-refractivity contribution is -0.406. The molecule has 14 N–H and O–H groups in total. The summed E-state index contributed by atoms with van der Waals surface area (Å²) in [6.45, 7) is 6.25. The highest BCUT2D eigenvalue weighted by atomic mass is 16.2. The third kappa shape index (κ3) is 26.9. The first-order valence-electron chi connectivity index (χ1n) is 18.7. The maximum absolute atomic E-state index is 13.1. The summed E-state index contributed by atoms with van der Waals surface area (Å²) in [6, 6.07) is -0.497. The van der Waals surface area contributed by atoms with E-state index >= 15 is 0 Å². The highest BCUT2D eigenvalue weighted by molar-refractivity contribution is 5.80. The van der Waals surface area contributed by atoms with Crippen molar-refractivity contribution in [2.75, 3.05) is 39.3 Å². The van der Waals surface area contributed by atoms with Crippen LogP contribution in [0, 0.1) is 0 Å². The van der Waals surface area contributed by atoms with Crippen LogP contribution in [-0.4, -0.2) is 74.0 Å². The van der Waals surface area contributed by atoms with Crippen molar-refractivity contribution in [1.82, 2.24) is 15.5 Å². The highest BCUT2D eigenvalue weighted by Gasteiger charge is 2.18. The number of unbranched alkanes of at least 4 members (excludes halogenated alkanes) is 10. The lowest BCUT2D eigenvalue weighted by Gasteiger charge is -2.23. The minimum Gasteiger partial charge on any atom is -0.358 e. The fourth-order valence-electron chi connectivity index (χ4n) is 5.26. The minimum atomic E-state index is -0.248. The van der Waals surface area contributed by atoms with Crippen LogP contribution in [0.15, 0.2) is 24.3 Å². The molecule has 2 atom stereocenters. The highest BCUT2D eigenvalue weighted by Crippen LogP contribution is 2.10. The first-order valence-corrected chi connectivity index (χ1v) is 18.7. The average molecular weight is 654 g/mol. The topological polar surface area (TPSA) is 189 Å². The van der Waals surface area contributed by atoms with Gasteiger partial charge in [-0.2, -0.15) is 0 Å². The number of quaternary nitrogens is 4. The van der Waals surface area contributed by atoms with Gasteiger partial charge in [0.1, 0.15) is 0 Å². The van der Waals surface area contributed by atoms with Crippen molar-refractivity contribution in [3.05, 3.63) is 24.3 Å². The van der Waals surface area contributed by atoms with Gasteiger partial charge in [0, 0.05) is 45.4 Å². The molecule has 0 heterocycles. The molecule has 0 saturated carbocycles. The van der Waals surface area contributed by atoms with Crippen LogP contribution in [0.3, 0.4) is 0 Å². The minimum absolute atomic E-state index is 0.0206. The summed E-state index contributed by atoms with van der Waals surface area (Å²) in [5.41, 5.74) is 15.7. The van der Waals surface area contributed by atoms with Gasteiger partial charge in [0.25, 0.3) is 11.8 Å². The second-order valence-electron chi connectivity index (χ2n) is 12.7. The van der Waals surface area contributed by atoms with Crippen molar-refractivity contribution in [1.29, 1.82) is 0 Å². The molecule has 268 valence electrons. The van der Waals surface area contributed by atoms with Crippen molar-refractivity contribution < 1.29 is 37.3 Å². The van der Waals surface area contributed by atoms with Crippen molar-refractivity contribution in [2.45, 2.75) is 147 Å². The van der Waals surface area contributed by atoms with Gasteiger partial charge in [-0.1, -0.05) is 63.3 Å². The Morgan fingerprint density at radius 3 is 1.59 bits per heavy atom. The summed E-state index contributed by atoms with van der Waals surface area (Å²) in [5, 5.41) is 5.98. The Balaban J connectivity index is 4.45. The van der Waals surface area contributed by atoms with Gasteiger partial charge in [-0.3, -0.25) is 14.4 Å². The third-order valence-electron chi connectivity index (χ3n) is 8.35. The van der Waals surface area contributed by atoms with E-state index in [1.807, 2.05) is 4.90 Å². The summed E-state index contributed by atoms with van der Waals surface area (Å²) < 4.78 is 0. The number of hydrogen-bond donors (Lipinski definition) is 6. The number of carbonyl (C=O) groups is 3. The van der Waals surface area contributed by atoms with Crippen molar-refractivity contribution in [3.8, 4) is 0 Å². The van der Waals surface area contributed by atoms with E-state index in [0.29, 0.717) is 45.4 Å². The van der Waals surface area contributed by atoms with Crippen molar-refractivity contribution in [2.24, 2.45) is 0 Å². The van der Waals surface area contributed by atoms with Gasteiger partial charge in [0.15, 0.2) is 12.1 Å². The summed E-state index contributed by atoms with van der Waals surface area (Å²) in [6.07, 6.45) is 29.3. The van der Waals surface area contributed by atoms with Crippen molar-refractivity contribution >= 4 is 17.7 Å². The van der Waals surface area contributed by atoms with Gasteiger partial charge in [0.05, 0.1) is 13.1 Å². The molecule has 0 aliphatic carbocycles. The maximum atomic E-state index is 13.1. The maximum Gasteiger partial charge on any atom is 0.278 e. The van der Waals surface area contributed by atoms with Gasteiger partial charge in [-0.25, -0.2) is 0 Å². The summed E-state index contributed by atoms with van der Waals surface area (Å²) in [5.74, 6) is 0.121. The Morgan fingerprint density at radius 1 is 0.609 bits per heavy atom. The molecule has 0 spiro atoms. The van der Waals surface area contributed by atoms with Crippen LogP contribution in [0.5, 0.6) is 0 Å². The second kappa shape index (κ2) is 32.7. The van der Waals surface area contributed by atoms with E-state index in [1.165, 1.54) is 38.5 Å². The zero-order valence-corrected chi connectivity index (χ0v) is 29.8. The van der Waals surface area contributed by atoms with Crippen molar-refractivity contribution in [3.63, 3.8) is 0 Å². The number of amides is 3. The molecule has 0 rings (SSSR count). The largest absolute Gasteiger partial charge is 0.358 e. The van der Waals surface area contributed by atoms with Gasteiger partial charge < -0.3 is 38.5 Å². The van der Waals surface area contributed by atoms with E-state index in [2.05, 4.69) is 64.8 Å². The van der Waals surface area contributed by atoms with Crippen LogP contribution < -0.4 is 33.6 Å². The van der Waals surface area contributed by atoms with Crippen LogP contribution in [0.25, 0.3) is 0 Å². The molecule has 0 saturated heterocycles. The predicted molar refractivity (Wildman–Crippen MR) is 188 cm³/mol. The normalized spacial score (nSPS) is 12.9.